The van der Waals surface area contributed by atoms with Crippen LogP contribution in [0.3, 0.4) is 0 Å². The molecule has 3 aliphatic rings. The van der Waals surface area contributed by atoms with E-state index < -0.39 is 30.5 Å². The van der Waals surface area contributed by atoms with Crippen molar-refractivity contribution in [2.45, 2.75) is 151 Å². The first kappa shape index (κ1) is 70.4. The Bertz CT molecular complexity index is 586. The molecule has 3 fully saturated rings. The molecule has 1 unspecified atom stereocenters. The minimum Gasteiger partial charge on any atom is 0 e. The summed E-state index contributed by atoms with van der Waals surface area (Å²) in [7, 11) is 0. The number of rotatable bonds is 3. The van der Waals surface area contributed by atoms with Crippen LogP contribution in [-0.4, -0.2) is 86.9 Å². The molecular weight excluding hydrogens is 1270 g/mol. The van der Waals surface area contributed by atoms with Crippen LogP contribution in [0.1, 0.15) is 96.4 Å². The van der Waals surface area contributed by atoms with Crippen molar-refractivity contribution < 1.29 is 59.0 Å². The van der Waals surface area contributed by atoms with E-state index in [0.29, 0.717) is 36.3 Å². The van der Waals surface area contributed by atoms with Crippen molar-refractivity contribution in [2.75, 3.05) is 11.5 Å². The Hall–Kier alpha value is 4.58. The topological polar surface area (TPSA) is 109 Å². The molecule has 0 aromatic rings. The molecule has 0 radical (unpaired) electrons. The number of hydrogen-bond acceptors (Lipinski definition) is 7. The molecule has 4 N–H and O–H groups in total. The van der Waals surface area contributed by atoms with E-state index in [1.165, 1.54) is 0 Å². The van der Waals surface area contributed by atoms with Crippen LogP contribution in [0.15, 0.2) is 0 Å². The van der Waals surface area contributed by atoms with E-state index in [4.69, 9.17) is 19.3 Å². The Balaban J connectivity index is -0.0000000727. The van der Waals surface area contributed by atoms with Gasteiger partial charge in [-0.2, -0.15) is 0 Å². The third-order valence-electron chi connectivity index (χ3n) is 9.69. The van der Waals surface area contributed by atoms with Crippen LogP contribution in [0.4, 0.5) is 0 Å². The van der Waals surface area contributed by atoms with Gasteiger partial charge in [0.2, 0.25) is 0 Å². The van der Waals surface area contributed by atoms with Gasteiger partial charge >= 0.3 is 64.9 Å². The fourth-order valence-electron chi connectivity index (χ4n) is 5.76. The first-order valence-electron chi connectivity index (χ1n) is 15.2. The van der Waals surface area contributed by atoms with Crippen molar-refractivity contribution in [3.8, 4) is 0 Å². The molecule has 7 nitrogen and oxygen atoms in total. The van der Waals surface area contributed by atoms with Crippen LogP contribution in [0.2, 0.25) is 0 Å². The first-order valence-corrected chi connectivity index (χ1v) is 30.9. The summed E-state index contributed by atoms with van der Waals surface area (Å²) >= 11 is 9.54. The molecule has 3 rings (SSSR count). The summed E-state index contributed by atoms with van der Waals surface area (Å²) in [6, 6.07) is 0. The van der Waals surface area contributed by atoms with E-state index in [2.05, 4.69) is 152 Å². The molecular formula is C34H75I5O7VZn-3. The SMILES string of the molecule is C.CC[C@H]1OC(C)[C@H](C)[C@@H](C)[C@@H]1C.CC[C@H]1O[C@@H](C)[C@H](C)[C@@H](C)[C@@H]1C.CI.C[C@@H]1O[C@H](CO)[C@@H](O)[C@H](O)[C@H]1O.I.[CH3-].[CH3-].[CH3-].[I][V]([I])[I].[Zn]. The van der Waals surface area contributed by atoms with Gasteiger partial charge in [-0.05, 0) is 74.1 Å². The number of aliphatic hydroxyl groups excluding tert-OH is 4. The van der Waals surface area contributed by atoms with Crippen molar-refractivity contribution >= 4 is 107 Å². The summed E-state index contributed by atoms with van der Waals surface area (Å²) in [6.45, 7) is 24.0. The molecule has 0 saturated carbocycles. The van der Waals surface area contributed by atoms with Gasteiger partial charge in [-0.3, -0.25) is 0 Å². The first-order chi connectivity index (χ1) is 19.5. The van der Waals surface area contributed by atoms with Crippen LogP contribution in [0, 0.1) is 57.8 Å². The fraction of sp³-hybridized carbons (Fsp3) is 0.912. The molecule has 3 saturated heterocycles. The standard InChI is InChI=1S/2C11H22O.C7H14O5.CH3I.CH4.3CH3.4HI.V.Zn/c2*1-6-11-9(4)7(2)8(3)10(5)12-11;1-3-5(9)7(11)6(10)4(2-8)12-3;1-2;;;;;;;;;;/h2*7-11H,6H2,1-5H3;3-11H,2H2,1H3;1H3;1H4;3*1H3;4*1H;;/q;;;;;3*-1;;;;;+3;/p-3/t7-,8-,9+,10?,11-;7-,8-,9+,10+,11-;3-,4+,5-,6+,7+;;;;;;;;;;;/m110.........../s1. The number of hydrogen-bond donors (Lipinski definition) is 4. The Kier molecular flexibility index (Phi) is 56.4. The molecule has 15 atom stereocenters. The van der Waals surface area contributed by atoms with E-state index in [9.17, 15) is 15.3 Å². The second-order valence-corrected chi connectivity index (χ2v) is 47.3. The molecule has 3 aliphatic heterocycles. The largest absolute Gasteiger partial charge is 0 e. The molecule has 0 bridgehead atoms. The molecule has 0 aromatic carbocycles. The van der Waals surface area contributed by atoms with Crippen LogP contribution in [-0.2, 0) is 38.6 Å². The monoisotopic (exact) mass is 1340 g/mol. The van der Waals surface area contributed by atoms with Crippen LogP contribution in [0.5, 0.6) is 0 Å². The van der Waals surface area contributed by atoms with Gasteiger partial charge < -0.3 is 56.9 Å². The average Bonchev–Trinajstić information content (AvgIpc) is 2.96. The zero-order valence-electron chi connectivity index (χ0n) is 31.9. The Morgan fingerprint density at radius 2 is 0.792 bits per heavy atom. The summed E-state index contributed by atoms with van der Waals surface area (Å²) < 4.78 is 16.9. The Labute approximate surface area is 380 Å². The number of halogens is 5. The van der Waals surface area contributed by atoms with E-state index in [-0.39, 0.29) is 84.7 Å². The van der Waals surface area contributed by atoms with Crippen LogP contribution < -0.4 is 0 Å². The zero-order valence-corrected chi connectivity index (χ0v) is 47.2. The maximum atomic E-state index is 9.23. The average molecular weight is 1350 g/mol. The molecule has 0 amide bonds. The van der Waals surface area contributed by atoms with Crippen molar-refractivity contribution in [3.63, 3.8) is 0 Å². The molecule has 0 aliphatic carbocycles. The summed E-state index contributed by atoms with van der Waals surface area (Å²) in [6.07, 6.45) is -0.751. The summed E-state index contributed by atoms with van der Waals surface area (Å²) in [4.78, 5) is 1.69. The maximum Gasteiger partial charge on any atom is 0 e. The van der Waals surface area contributed by atoms with Crippen LogP contribution >= 0.6 is 107 Å². The predicted octanol–water partition coefficient (Wildman–Crippen LogP) is 10.3. The zero-order chi connectivity index (χ0) is 33.5. The third kappa shape index (κ3) is 25.0. The van der Waals surface area contributed by atoms with Gasteiger partial charge in [0.15, 0.2) is 0 Å². The summed E-state index contributed by atoms with van der Waals surface area (Å²) in [5.74, 6) is 4.48. The van der Waals surface area contributed by atoms with Gasteiger partial charge in [0.1, 0.15) is 24.4 Å². The summed E-state index contributed by atoms with van der Waals surface area (Å²) in [5, 5.41) is 36.4. The second-order valence-electron chi connectivity index (χ2n) is 12.0. The second kappa shape index (κ2) is 38.5. The minimum absolute atomic E-state index is 0. The minimum atomic E-state index is -1.24. The summed E-state index contributed by atoms with van der Waals surface area (Å²) in [5.41, 5.74) is 0. The van der Waals surface area contributed by atoms with Gasteiger partial charge in [0.05, 0.1) is 37.1 Å². The van der Waals surface area contributed by atoms with Crippen molar-refractivity contribution in [3.05, 3.63) is 22.3 Å². The van der Waals surface area contributed by atoms with Crippen LogP contribution in [0.25, 0.3) is 0 Å². The predicted molar refractivity (Wildman–Crippen MR) is 247 cm³/mol. The third-order valence-corrected chi connectivity index (χ3v) is 9.69. The number of alkyl halides is 1. The molecule has 298 valence electrons. The van der Waals surface area contributed by atoms with E-state index in [0.717, 1.165) is 36.5 Å². The molecule has 0 spiro atoms. The van der Waals surface area contributed by atoms with Gasteiger partial charge in [-0.1, -0.05) is 85.4 Å². The van der Waals surface area contributed by atoms with Crippen molar-refractivity contribution in [1.82, 2.24) is 0 Å². The van der Waals surface area contributed by atoms with Crippen molar-refractivity contribution in [1.29, 1.82) is 0 Å². The van der Waals surface area contributed by atoms with Gasteiger partial charge in [-0.15, -0.1) is 24.0 Å². The quantitative estimate of drug-likeness (QED) is 0.0965. The normalized spacial score (nSPS) is 37.8. The number of ether oxygens (including phenoxy) is 3. The van der Waals surface area contributed by atoms with E-state index in [1.54, 1.807) is 6.92 Å². The van der Waals surface area contributed by atoms with E-state index in [1.807, 2.05) is 4.93 Å². The Morgan fingerprint density at radius 3 is 1.04 bits per heavy atom. The molecule has 48 heavy (non-hydrogen) atoms. The van der Waals surface area contributed by atoms with Crippen molar-refractivity contribution in [2.24, 2.45) is 35.5 Å². The van der Waals surface area contributed by atoms with Gasteiger partial charge in [-0.25, -0.2) is 0 Å². The smallest absolute Gasteiger partial charge is 0 e. The molecule has 0 aromatic heterocycles. The van der Waals surface area contributed by atoms with E-state index >= 15 is 0 Å². The van der Waals surface area contributed by atoms with Gasteiger partial charge in [0.25, 0.3) is 0 Å². The maximum absolute atomic E-state index is 9.23. The molecule has 3 heterocycles. The Morgan fingerprint density at radius 1 is 0.521 bits per heavy atom. The van der Waals surface area contributed by atoms with Gasteiger partial charge in [0, 0.05) is 19.5 Å². The fourth-order valence-corrected chi connectivity index (χ4v) is 5.76. The number of aliphatic hydroxyl groups is 4. The molecule has 14 heteroatoms.